The summed E-state index contributed by atoms with van der Waals surface area (Å²) in [6.45, 7) is 7.03. The maximum atomic E-state index is 5.14. The Balaban J connectivity index is 1.79. The Kier molecular flexibility index (Phi) is 6.79. The Morgan fingerprint density at radius 2 is 1.95 bits per heavy atom. The smallest absolute Gasteiger partial charge is 0.0462 e. The molecule has 1 saturated carbocycles. The maximum Gasteiger partial charge on any atom is 0.0462 e. The van der Waals surface area contributed by atoms with E-state index in [-0.39, 0.29) is 0 Å². The van der Waals surface area contributed by atoms with Crippen molar-refractivity contribution < 1.29 is 4.74 Å². The molecule has 1 saturated heterocycles. The van der Waals surface area contributed by atoms with Crippen molar-refractivity contribution in [3.05, 3.63) is 0 Å². The fraction of sp³-hybridized carbons (Fsp3) is 1.00. The number of nitrogens with zero attached hydrogens (tertiary/aromatic N) is 1. The van der Waals surface area contributed by atoms with Crippen LogP contribution in [0.3, 0.4) is 0 Å². The average Bonchev–Trinajstić information content (AvgIpc) is 2.48. The summed E-state index contributed by atoms with van der Waals surface area (Å²) in [6, 6.07) is 0.755. The molecule has 0 radical (unpaired) electrons. The molecule has 2 fully saturated rings. The maximum absolute atomic E-state index is 5.14. The highest BCUT2D eigenvalue weighted by Gasteiger charge is 2.38. The monoisotopic (exact) mass is 282 g/mol. The van der Waals surface area contributed by atoms with Crippen LogP contribution in [0.4, 0.5) is 0 Å². The molecule has 2 rings (SSSR count). The summed E-state index contributed by atoms with van der Waals surface area (Å²) in [7, 11) is 1.80. The van der Waals surface area contributed by atoms with Crippen molar-refractivity contribution in [1.82, 2.24) is 10.2 Å². The van der Waals surface area contributed by atoms with Gasteiger partial charge in [-0.3, -0.25) is 4.90 Å². The molecule has 1 N–H and O–H groups in total. The molecular weight excluding hydrogens is 248 g/mol. The standard InChI is InChI=1S/C17H34N2O/c1-3-16-14-18-17(10-6-4-7-11-17)15-19(16)12-8-5-9-13-20-2/h16,18H,3-15H2,1-2H3. The molecule has 1 spiro atoms. The van der Waals surface area contributed by atoms with Crippen molar-refractivity contribution in [2.24, 2.45) is 0 Å². The van der Waals surface area contributed by atoms with Crippen LogP contribution in [0.1, 0.15) is 64.7 Å². The van der Waals surface area contributed by atoms with Gasteiger partial charge in [0.05, 0.1) is 0 Å². The Labute approximate surface area is 125 Å². The normalized spacial score (nSPS) is 27.0. The van der Waals surface area contributed by atoms with E-state index < -0.39 is 0 Å². The van der Waals surface area contributed by atoms with E-state index in [1.165, 1.54) is 77.4 Å². The van der Waals surface area contributed by atoms with E-state index in [0.29, 0.717) is 5.54 Å². The van der Waals surface area contributed by atoms with E-state index >= 15 is 0 Å². The van der Waals surface area contributed by atoms with Crippen molar-refractivity contribution >= 4 is 0 Å². The van der Waals surface area contributed by atoms with Crippen LogP contribution in [0.15, 0.2) is 0 Å². The predicted molar refractivity (Wildman–Crippen MR) is 85.2 cm³/mol. The third-order valence-electron chi connectivity index (χ3n) is 5.31. The minimum absolute atomic E-state index is 0.455. The van der Waals surface area contributed by atoms with Gasteiger partial charge in [-0.05, 0) is 45.1 Å². The molecule has 1 heterocycles. The van der Waals surface area contributed by atoms with Crippen molar-refractivity contribution in [2.45, 2.75) is 76.3 Å². The minimum atomic E-state index is 0.455. The molecule has 1 aliphatic heterocycles. The van der Waals surface area contributed by atoms with Crippen LogP contribution in [-0.2, 0) is 4.74 Å². The number of hydrogen-bond donors (Lipinski definition) is 1. The SMILES string of the molecule is CCC1CNC2(CCCCC2)CN1CCCCCOC. The van der Waals surface area contributed by atoms with Crippen molar-refractivity contribution in [1.29, 1.82) is 0 Å². The zero-order valence-electron chi connectivity index (χ0n) is 13.6. The third-order valence-corrected chi connectivity index (χ3v) is 5.31. The lowest BCUT2D eigenvalue weighted by molar-refractivity contribution is 0.0523. The first-order valence-electron chi connectivity index (χ1n) is 8.78. The van der Waals surface area contributed by atoms with Gasteiger partial charge in [-0.15, -0.1) is 0 Å². The summed E-state index contributed by atoms with van der Waals surface area (Å²) in [4.78, 5) is 2.79. The van der Waals surface area contributed by atoms with Crippen LogP contribution in [-0.4, -0.2) is 49.8 Å². The Morgan fingerprint density at radius 1 is 1.15 bits per heavy atom. The third kappa shape index (κ3) is 4.44. The van der Waals surface area contributed by atoms with Crippen LogP contribution >= 0.6 is 0 Å². The van der Waals surface area contributed by atoms with E-state index in [2.05, 4.69) is 17.1 Å². The first-order valence-corrected chi connectivity index (χ1v) is 8.78. The zero-order valence-corrected chi connectivity index (χ0v) is 13.6. The Morgan fingerprint density at radius 3 is 2.65 bits per heavy atom. The van der Waals surface area contributed by atoms with Gasteiger partial charge in [0.2, 0.25) is 0 Å². The molecule has 0 amide bonds. The topological polar surface area (TPSA) is 24.5 Å². The van der Waals surface area contributed by atoms with E-state index in [1.807, 2.05) is 0 Å². The van der Waals surface area contributed by atoms with Gasteiger partial charge in [0.15, 0.2) is 0 Å². The largest absolute Gasteiger partial charge is 0.385 e. The second-order valence-electron chi connectivity index (χ2n) is 6.81. The van der Waals surface area contributed by atoms with Gasteiger partial charge in [0.1, 0.15) is 0 Å². The van der Waals surface area contributed by atoms with Crippen molar-refractivity contribution in [3.8, 4) is 0 Å². The lowest BCUT2D eigenvalue weighted by Gasteiger charge is -2.49. The van der Waals surface area contributed by atoms with Gasteiger partial charge < -0.3 is 10.1 Å². The molecule has 2 aliphatic rings. The molecule has 0 aromatic carbocycles. The fourth-order valence-electron chi connectivity index (χ4n) is 4.00. The average molecular weight is 282 g/mol. The van der Waals surface area contributed by atoms with Crippen LogP contribution in [0.25, 0.3) is 0 Å². The van der Waals surface area contributed by atoms with Crippen molar-refractivity contribution in [2.75, 3.05) is 33.4 Å². The second kappa shape index (κ2) is 8.35. The van der Waals surface area contributed by atoms with Gasteiger partial charge in [0, 0.05) is 38.4 Å². The Hall–Kier alpha value is -0.120. The highest BCUT2D eigenvalue weighted by atomic mass is 16.5. The Bertz CT molecular complexity index is 264. The molecule has 0 aromatic heterocycles. The lowest BCUT2D eigenvalue weighted by Crippen LogP contribution is -2.64. The van der Waals surface area contributed by atoms with Crippen molar-refractivity contribution in [3.63, 3.8) is 0 Å². The molecule has 0 bridgehead atoms. The molecular formula is C17H34N2O. The second-order valence-corrected chi connectivity index (χ2v) is 6.81. The quantitative estimate of drug-likeness (QED) is 0.726. The minimum Gasteiger partial charge on any atom is -0.385 e. The number of piperazine rings is 1. The fourth-order valence-corrected chi connectivity index (χ4v) is 4.00. The molecule has 118 valence electrons. The summed E-state index contributed by atoms with van der Waals surface area (Å²) in [5.41, 5.74) is 0.455. The predicted octanol–water partition coefficient (Wildman–Crippen LogP) is 3.19. The first-order chi connectivity index (χ1) is 9.79. The van der Waals surface area contributed by atoms with Gasteiger partial charge in [0.25, 0.3) is 0 Å². The summed E-state index contributed by atoms with van der Waals surface area (Å²) in [5.74, 6) is 0. The number of ether oxygens (including phenoxy) is 1. The van der Waals surface area contributed by atoms with Gasteiger partial charge in [-0.2, -0.15) is 0 Å². The van der Waals surface area contributed by atoms with E-state index in [0.717, 1.165) is 12.6 Å². The molecule has 1 aliphatic carbocycles. The van der Waals surface area contributed by atoms with Crippen LogP contribution in [0, 0.1) is 0 Å². The van der Waals surface area contributed by atoms with Crippen LogP contribution < -0.4 is 5.32 Å². The van der Waals surface area contributed by atoms with E-state index in [1.54, 1.807) is 7.11 Å². The molecule has 0 aromatic rings. The number of unbranched alkanes of at least 4 members (excludes halogenated alkanes) is 2. The number of rotatable bonds is 7. The molecule has 3 nitrogen and oxygen atoms in total. The van der Waals surface area contributed by atoms with E-state index in [9.17, 15) is 0 Å². The van der Waals surface area contributed by atoms with Gasteiger partial charge >= 0.3 is 0 Å². The van der Waals surface area contributed by atoms with Crippen LogP contribution in [0.5, 0.6) is 0 Å². The highest BCUT2D eigenvalue weighted by molar-refractivity contribution is 4.99. The molecule has 20 heavy (non-hydrogen) atoms. The van der Waals surface area contributed by atoms with Gasteiger partial charge in [-0.25, -0.2) is 0 Å². The lowest BCUT2D eigenvalue weighted by atomic mass is 9.79. The summed E-state index contributed by atoms with van der Waals surface area (Å²) < 4.78 is 5.14. The summed E-state index contributed by atoms with van der Waals surface area (Å²) in [6.07, 6.45) is 12.2. The molecule has 1 atom stereocenters. The number of hydrogen-bond acceptors (Lipinski definition) is 3. The van der Waals surface area contributed by atoms with Gasteiger partial charge in [-0.1, -0.05) is 26.2 Å². The number of nitrogens with one attached hydrogen (secondary N) is 1. The molecule has 1 unspecified atom stereocenters. The van der Waals surface area contributed by atoms with Crippen LogP contribution in [0.2, 0.25) is 0 Å². The summed E-state index contributed by atoms with van der Waals surface area (Å²) in [5, 5.41) is 3.91. The first kappa shape index (κ1) is 16.3. The highest BCUT2D eigenvalue weighted by Crippen LogP contribution is 2.32. The number of methoxy groups -OCH3 is 1. The summed E-state index contributed by atoms with van der Waals surface area (Å²) >= 11 is 0. The molecule has 3 heteroatoms. The zero-order chi connectivity index (χ0) is 14.3. The van der Waals surface area contributed by atoms with E-state index in [4.69, 9.17) is 4.74 Å².